The molecule has 1 aromatic carbocycles. The Kier molecular flexibility index (Phi) is 3.35. The summed E-state index contributed by atoms with van der Waals surface area (Å²) in [5, 5.41) is 19.1. The van der Waals surface area contributed by atoms with Crippen molar-refractivity contribution in [3.05, 3.63) is 39.9 Å². The van der Waals surface area contributed by atoms with Crippen LogP contribution in [0.4, 0.5) is 5.69 Å². The van der Waals surface area contributed by atoms with Gasteiger partial charge in [0.05, 0.1) is 4.92 Å². The minimum absolute atomic E-state index is 0.0843. The number of nitro benzene ring substituents is 1. The maximum Gasteiger partial charge on any atom is 0.337 e. The zero-order valence-corrected chi connectivity index (χ0v) is 7.91. The van der Waals surface area contributed by atoms with Gasteiger partial charge in [-0.3, -0.25) is 10.1 Å². The number of carbonyl (C=O) groups is 1. The van der Waals surface area contributed by atoms with Crippen LogP contribution in [-0.2, 0) is 9.53 Å². The summed E-state index contributed by atoms with van der Waals surface area (Å²) in [5.41, 5.74) is 0.287. The third kappa shape index (κ3) is 2.50. The van der Waals surface area contributed by atoms with Crippen LogP contribution >= 0.6 is 0 Å². The molecule has 0 bridgehead atoms. The number of aliphatic carboxylic acids is 1. The smallest absolute Gasteiger partial charge is 0.337 e. The molecule has 1 N–H and O–H groups in total. The van der Waals surface area contributed by atoms with E-state index in [1.807, 2.05) is 0 Å². The molecular weight excluding hydrogens is 202 g/mol. The van der Waals surface area contributed by atoms with E-state index in [2.05, 4.69) is 0 Å². The summed E-state index contributed by atoms with van der Waals surface area (Å²) in [7, 11) is 1.26. The fourth-order valence-electron chi connectivity index (χ4n) is 1.15. The first-order valence-corrected chi connectivity index (χ1v) is 4.06. The van der Waals surface area contributed by atoms with E-state index in [4.69, 9.17) is 9.84 Å². The molecule has 0 aliphatic carbocycles. The fourth-order valence-corrected chi connectivity index (χ4v) is 1.15. The van der Waals surface area contributed by atoms with Gasteiger partial charge in [0, 0.05) is 19.2 Å². The first-order valence-electron chi connectivity index (χ1n) is 4.06. The van der Waals surface area contributed by atoms with Gasteiger partial charge in [-0.25, -0.2) is 4.79 Å². The molecule has 80 valence electrons. The molecule has 1 aromatic rings. The Bertz CT molecular complexity index is 373. The Labute approximate surface area is 85.2 Å². The molecule has 0 amide bonds. The molecule has 6 nitrogen and oxygen atoms in total. The molecule has 0 aliphatic heterocycles. The summed E-state index contributed by atoms with van der Waals surface area (Å²) in [6.45, 7) is 0. The second-order valence-corrected chi connectivity index (χ2v) is 2.80. The molecule has 0 spiro atoms. The van der Waals surface area contributed by atoms with Gasteiger partial charge in [-0.15, -0.1) is 0 Å². The Morgan fingerprint density at radius 2 is 2.00 bits per heavy atom. The summed E-state index contributed by atoms with van der Waals surface area (Å²) in [5.74, 6) is -1.13. The maximum atomic E-state index is 10.7. The van der Waals surface area contributed by atoms with Gasteiger partial charge >= 0.3 is 5.97 Å². The number of benzene rings is 1. The van der Waals surface area contributed by atoms with Crippen molar-refractivity contribution in [2.24, 2.45) is 0 Å². The van der Waals surface area contributed by atoms with Gasteiger partial charge in [0.25, 0.3) is 5.69 Å². The molecule has 1 unspecified atom stereocenters. The van der Waals surface area contributed by atoms with E-state index < -0.39 is 17.0 Å². The summed E-state index contributed by atoms with van der Waals surface area (Å²) >= 11 is 0. The lowest BCUT2D eigenvalue weighted by atomic mass is 10.1. The third-order valence-corrected chi connectivity index (χ3v) is 1.87. The number of hydrogen-bond acceptors (Lipinski definition) is 4. The van der Waals surface area contributed by atoms with Gasteiger partial charge in [0.15, 0.2) is 6.10 Å². The number of methoxy groups -OCH3 is 1. The first-order chi connectivity index (χ1) is 7.06. The van der Waals surface area contributed by atoms with Crippen molar-refractivity contribution in [1.82, 2.24) is 0 Å². The molecule has 0 aliphatic rings. The highest BCUT2D eigenvalue weighted by atomic mass is 16.6. The minimum atomic E-state index is -1.13. The number of nitro groups is 1. The first kappa shape index (κ1) is 11.1. The SMILES string of the molecule is COC(C(=O)O)c1ccc([N+](=O)[O-])cc1. The maximum absolute atomic E-state index is 10.7. The van der Waals surface area contributed by atoms with Gasteiger partial charge in [0.1, 0.15) is 0 Å². The zero-order chi connectivity index (χ0) is 11.4. The van der Waals surface area contributed by atoms with Crippen LogP contribution in [-0.4, -0.2) is 23.1 Å². The lowest BCUT2D eigenvalue weighted by Gasteiger charge is -2.09. The molecule has 0 saturated carbocycles. The third-order valence-electron chi connectivity index (χ3n) is 1.87. The van der Waals surface area contributed by atoms with Gasteiger partial charge in [-0.2, -0.15) is 0 Å². The number of non-ortho nitro benzene ring substituents is 1. The molecule has 0 heterocycles. The van der Waals surface area contributed by atoms with E-state index in [0.29, 0.717) is 5.56 Å². The van der Waals surface area contributed by atoms with Crippen molar-refractivity contribution in [2.45, 2.75) is 6.10 Å². The predicted molar refractivity (Wildman–Crippen MR) is 50.5 cm³/mol. The van der Waals surface area contributed by atoms with Crippen LogP contribution in [0, 0.1) is 10.1 Å². The zero-order valence-electron chi connectivity index (χ0n) is 7.91. The van der Waals surface area contributed by atoms with Crippen molar-refractivity contribution in [3.63, 3.8) is 0 Å². The van der Waals surface area contributed by atoms with E-state index in [0.717, 1.165) is 0 Å². The Morgan fingerprint density at radius 1 is 1.47 bits per heavy atom. The van der Waals surface area contributed by atoms with Gasteiger partial charge < -0.3 is 9.84 Å². The predicted octanol–water partition coefficient (Wildman–Crippen LogP) is 1.37. The van der Waals surface area contributed by atoms with Crippen molar-refractivity contribution < 1.29 is 19.6 Å². The van der Waals surface area contributed by atoms with E-state index in [9.17, 15) is 14.9 Å². The number of carboxylic acid groups (broad SMARTS) is 1. The summed E-state index contributed by atoms with van der Waals surface area (Å²) < 4.78 is 4.73. The average molecular weight is 211 g/mol. The number of nitrogens with zero attached hydrogens (tertiary/aromatic N) is 1. The fraction of sp³-hybridized carbons (Fsp3) is 0.222. The van der Waals surface area contributed by atoms with Crippen LogP contribution in [0.2, 0.25) is 0 Å². The summed E-state index contributed by atoms with van der Waals surface area (Å²) in [6.07, 6.45) is -1.09. The lowest BCUT2D eigenvalue weighted by molar-refractivity contribution is -0.384. The molecule has 0 aromatic heterocycles. The highest BCUT2D eigenvalue weighted by molar-refractivity contribution is 5.74. The van der Waals surface area contributed by atoms with Crippen molar-refractivity contribution in [3.8, 4) is 0 Å². The van der Waals surface area contributed by atoms with Gasteiger partial charge in [-0.05, 0) is 17.7 Å². The number of carboxylic acids is 1. The van der Waals surface area contributed by atoms with Crippen LogP contribution in [0.5, 0.6) is 0 Å². The molecule has 1 rings (SSSR count). The Balaban J connectivity index is 2.97. The minimum Gasteiger partial charge on any atom is -0.479 e. The van der Waals surface area contributed by atoms with Crippen molar-refractivity contribution >= 4 is 11.7 Å². The van der Waals surface area contributed by atoms with Gasteiger partial charge in [0.2, 0.25) is 0 Å². The molecule has 0 fully saturated rings. The van der Waals surface area contributed by atoms with Crippen LogP contribution < -0.4 is 0 Å². The summed E-state index contributed by atoms with van der Waals surface area (Å²) in [6, 6.07) is 5.20. The Hall–Kier alpha value is -1.95. The van der Waals surface area contributed by atoms with E-state index in [-0.39, 0.29) is 5.69 Å². The van der Waals surface area contributed by atoms with E-state index in [1.165, 1.54) is 31.4 Å². The molecule has 15 heavy (non-hydrogen) atoms. The highest BCUT2D eigenvalue weighted by Gasteiger charge is 2.19. The Morgan fingerprint density at radius 3 is 2.33 bits per heavy atom. The lowest BCUT2D eigenvalue weighted by Crippen LogP contribution is -2.13. The number of ether oxygens (including phenoxy) is 1. The molecule has 0 radical (unpaired) electrons. The van der Waals surface area contributed by atoms with E-state index >= 15 is 0 Å². The standard InChI is InChI=1S/C9H9NO5/c1-15-8(9(11)12)6-2-4-7(5-3-6)10(13)14/h2-5,8H,1H3,(H,11,12). The number of rotatable bonds is 4. The molecule has 6 heteroatoms. The second kappa shape index (κ2) is 4.52. The highest BCUT2D eigenvalue weighted by Crippen LogP contribution is 2.20. The number of hydrogen-bond donors (Lipinski definition) is 1. The van der Waals surface area contributed by atoms with Crippen LogP contribution in [0.3, 0.4) is 0 Å². The molecular formula is C9H9NO5. The van der Waals surface area contributed by atoms with Crippen LogP contribution in [0.25, 0.3) is 0 Å². The average Bonchev–Trinajstić information content (AvgIpc) is 2.19. The van der Waals surface area contributed by atoms with Crippen LogP contribution in [0.15, 0.2) is 24.3 Å². The topological polar surface area (TPSA) is 89.7 Å². The molecule has 0 saturated heterocycles. The largest absolute Gasteiger partial charge is 0.479 e. The molecule has 1 atom stereocenters. The normalized spacial score (nSPS) is 12.1. The van der Waals surface area contributed by atoms with Crippen LogP contribution in [0.1, 0.15) is 11.7 Å². The second-order valence-electron chi connectivity index (χ2n) is 2.80. The monoisotopic (exact) mass is 211 g/mol. The van der Waals surface area contributed by atoms with Crippen molar-refractivity contribution in [1.29, 1.82) is 0 Å². The van der Waals surface area contributed by atoms with Gasteiger partial charge in [-0.1, -0.05) is 0 Å². The van der Waals surface area contributed by atoms with Crippen molar-refractivity contribution in [2.75, 3.05) is 7.11 Å². The summed E-state index contributed by atoms with van der Waals surface area (Å²) in [4.78, 5) is 20.5. The quantitative estimate of drug-likeness (QED) is 0.600. The van der Waals surface area contributed by atoms with E-state index in [1.54, 1.807) is 0 Å².